The van der Waals surface area contributed by atoms with E-state index in [0.29, 0.717) is 0 Å². The third-order valence-corrected chi connectivity index (χ3v) is 5.90. The Kier molecular flexibility index (Phi) is 5.97. The summed E-state index contributed by atoms with van der Waals surface area (Å²) in [7, 11) is 0. The summed E-state index contributed by atoms with van der Waals surface area (Å²) in [6.07, 6.45) is 3.34. The molecule has 2 N–H and O–H groups in total. The molecule has 0 bridgehead atoms. The van der Waals surface area contributed by atoms with Crippen LogP contribution in [-0.4, -0.2) is 11.9 Å². The minimum absolute atomic E-state index is 0.0340. The van der Waals surface area contributed by atoms with E-state index in [9.17, 15) is 4.79 Å². The first-order valence-corrected chi connectivity index (χ1v) is 10.1. The van der Waals surface area contributed by atoms with Gasteiger partial charge in [0, 0.05) is 15.0 Å². The number of aryl methyl sites for hydroxylation is 2. The van der Waals surface area contributed by atoms with E-state index in [0.717, 1.165) is 39.5 Å². The van der Waals surface area contributed by atoms with Crippen LogP contribution >= 0.6 is 31.9 Å². The van der Waals surface area contributed by atoms with E-state index in [1.54, 1.807) is 0 Å². The predicted molar refractivity (Wildman–Crippen MR) is 110 cm³/mol. The molecule has 0 aromatic heterocycles. The molecule has 2 aromatic carbocycles. The fourth-order valence-electron chi connectivity index (χ4n) is 3.36. The molecule has 1 aliphatic rings. The minimum atomic E-state index is -0.281. The number of amides is 1. The average Bonchev–Trinajstić information content (AvgIpc) is 2.58. The van der Waals surface area contributed by atoms with Crippen molar-refractivity contribution in [2.24, 2.45) is 0 Å². The minimum Gasteiger partial charge on any atom is -0.323 e. The number of carbonyl (C=O) groups is 1. The monoisotopic (exact) mass is 464 g/mol. The summed E-state index contributed by atoms with van der Waals surface area (Å²) in [5.74, 6) is -0.0340. The van der Waals surface area contributed by atoms with Gasteiger partial charge in [0.15, 0.2) is 0 Å². The number of fused-ring (bicyclic) bond motifs is 1. The molecule has 0 heterocycles. The third-order valence-electron chi connectivity index (χ3n) is 4.65. The van der Waals surface area contributed by atoms with E-state index in [1.165, 1.54) is 11.1 Å². The number of nitrogens with one attached hydrogen (secondary N) is 2. The highest BCUT2D eigenvalue weighted by Crippen LogP contribution is 2.33. The van der Waals surface area contributed by atoms with Crippen LogP contribution < -0.4 is 10.6 Å². The van der Waals surface area contributed by atoms with Crippen LogP contribution in [0, 0.1) is 6.92 Å². The molecule has 0 saturated heterocycles. The second-order valence-corrected chi connectivity index (χ2v) is 8.33. The van der Waals surface area contributed by atoms with Crippen LogP contribution in [0.4, 0.5) is 5.69 Å². The number of carbonyl (C=O) groups excluding carboxylic acids is 1. The smallest absolute Gasteiger partial charge is 0.241 e. The largest absolute Gasteiger partial charge is 0.323 e. The van der Waals surface area contributed by atoms with Crippen LogP contribution in [0.2, 0.25) is 0 Å². The molecule has 0 radical (unpaired) electrons. The van der Waals surface area contributed by atoms with Gasteiger partial charge in [-0.15, -0.1) is 0 Å². The molecule has 5 heteroatoms. The molecular weight excluding hydrogens is 444 g/mol. The fraction of sp³-hybridized carbons (Fsp3) is 0.350. The highest BCUT2D eigenvalue weighted by atomic mass is 79.9. The van der Waals surface area contributed by atoms with Crippen LogP contribution in [0.3, 0.4) is 0 Å². The van der Waals surface area contributed by atoms with E-state index in [-0.39, 0.29) is 18.0 Å². The quantitative estimate of drug-likeness (QED) is 0.624. The van der Waals surface area contributed by atoms with Gasteiger partial charge in [0.2, 0.25) is 5.91 Å². The van der Waals surface area contributed by atoms with E-state index in [2.05, 4.69) is 66.8 Å². The van der Waals surface area contributed by atoms with Gasteiger partial charge in [0.05, 0.1) is 11.7 Å². The Balaban J connectivity index is 1.70. The van der Waals surface area contributed by atoms with Crippen LogP contribution in [0.25, 0.3) is 0 Å². The average molecular weight is 466 g/mol. The summed E-state index contributed by atoms with van der Waals surface area (Å²) in [5.41, 5.74) is 4.61. The molecule has 0 fully saturated rings. The maximum Gasteiger partial charge on any atom is 0.241 e. The molecule has 1 aliphatic carbocycles. The summed E-state index contributed by atoms with van der Waals surface area (Å²) >= 11 is 7.06. The molecule has 3 rings (SSSR count). The number of anilines is 1. The lowest BCUT2D eigenvalue weighted by atomic mass is 9.87. The molecule has 2 aromatic rings. The first-order chi connectivity index (χ1) is 12.0. The van der Waals surface area contributed by atoms with E-state index >= 15 is 0 Å². The second kappa shape index (κ2) is 8.02. The van der Waals surface area contributed by atoms with Crippen molar-refractivity contribution in [2.45, 2.75) is 45.2 Å². The van der Waals surface area contributed by atoms with E-state index < -0.39 is 0 Å². The highest BCUT2D eigenvalue weighted by molar-refractivity contribution is 9.11. The topological polar surface area (TPSA) is 41.1 Å². The first kappa shape index (κ1) is 18.6. The molecule has 25 heavy (non-hydrogen) atoms. The zero-order valence-corrected chi connectivity index (χ0v) is 17.6. The highest BCUT2D eigenvalue weighted by Gasteiger charge is 2.24. The Morgan fingerprint density at radius 3 is 2.60 bits per heavy atom. The summed E-state index contributed by atoms with van der Waals surface area (Å²) in [4.78, 5) is 12.7. The van der Waals surface area contributed by atoms with Crippen molar-refractivity contribution in [2.75, 3.05) is 5.32 Å². The third kappa shape index (κ3) is 4.33. The van der Waals surface area contributed by atoms with Crippen LogP contribution in [-0.2, 0) is 11.2 Å². The molecule has 0 spiro atoms. The molecule has 0 saturated carbocycles. The normalized spacial score (nSPS) is 17.7. The fourth-order valence-corrected chi connectivity index (χ4v) is 4.97. The summed E-state index contributed by atoms with van der Waals surface area (Å²) < 4.78 is 1.76. The van der Waals surface area contributed by atoms with Crippen LogP contribution in [0.15, 0.2) is 45.3 Å². The molecule has 0 aliphatic heterocycles. The molecule has 0 unspecified atom stereocenters. The lowest BCUT2D eigenvalue weighted by Gasteiger charge is -2.29. The van der Waals surface area contributed by atoms with Gasteiger partial charge in [0.25, 0.3) is 0 Å². The van der Waals surface area contributed by atoms with Gasteiger partial charge in [-0.05, 0) is 93.8 Å². The number of hydrogen-bond acceptors (Lipinski definition) is 2. The number of rotatable bonds is 4. The molecule has 132 valence electrons. The van der Waals surface area contributed by atoms with Crippen LogP contribution in [0.1, 0.15) is 42.5 Å². The van der Waals surface area contributed by atoms with Gasteiger partial charge in [0.1, 0.15) is 0 Å². The van der Waals surface area contributed by atoms with Gasteiger partial charge < -0.3 is 5.32 Å². The Bertz CT molecular complexity index is 768. The van der Waals surface area contributed by atoms with Crippen molar-refractivity contribution in [3.8, 4) is 0 Å². The lowest BCUT2D eigenvalue weighted by molar-refractivity contribution is -0.118. The zero-order valence-electron chi connectivity index (χ0n) is 14.4. The summed E-state index contributed by atoms with van der Waals surface area (Å²) in [6, 6.07) is 12.5. The Labute approximate surface area is 165 Å². The molecule has 1 amide bonds. The van der Waals surface area contributed by atoms with Crippen molar-refractivity contribution in [3.05, 3.63) is 62.0 Å². The van der Waals surface area contributed by atoms with E-state index in [4.69, 9.17) is 0 Å². The standard InChI is InChI=1S/C20H22Br2N2O/c1-12-10-16(21)19(17(22)11-12)24-20(25)13(2)23-18-9-5-7-14-6-3-4-8-15(14)18/h3-4,6,8,10-11,13,18,23H,5,7,9H2,1-2H3,(H,24,25)/t13-,18-/m0/s1. The molecule has 3 nitrogen and oxygen atoms in total. The van der Waals surface area contributed by atoms with Crippen molar-refractivity contribution in [3.63, 3.8) is 0 Å². The van der Waals surface area contributed by atoms with Crippen molar-refractivity contribution < 1.29 is 4.79 Å². The Hall–Kier alpha value is -1.17. The Morgan fingerprint density at radius 1 is 1.20 bits per heavy atom. The van der Waals surface area contributed by atoms with E-state index in [1.807, 2.05) is 26.0 Å². The SMILES string of the molecule is Cc1cc(Br)c(NC(=O)[C@H](C)N[C@H]2CCCc3ccccc32)c(Br)c1. The number of benzene rings is 2. The van der Waals surface area contributed by atoms with Crippen molar-refractivity contribution in [1.29, 1.82) is 0 Å². The molecular formula is C20H22Br2N2O. The van der Waals surface area contributed by atoms with Crippen LogP contribution in [0.5, 0.6) is 0 Å². The van der Waals surface area contributed by atoms with Crippen molar-refractivity contribution >= 4 is 43.5 Å². The maximum absolute atomic E-state index is 12.7. The van der Waals surface area contributed by atoms with Gasteiger partial charge in [-0.25, -0.2) is 0 Å². The lowest BCUT2D eigenvalue weighted by Crippen LogP contribution is -2.41. The number of hydrogen-bond donors (Lipinski definition) is 2. The summed E-state index contributed by atoms with van der Waals surface area (Å²) in [5, 5.41) is 6.53. The summed E-state index contributed by atoms with van der Waals surface area (Å²) in [6.45, 7) is 3.94. The maximum atomic E-state index is 12.7. The predicted octanol–water partition coefficient (Wildman–Crippen LogP) is 5.51. The second-order valence-electron chi connectivity index (χ2n) is 6.62. The van der Waals surface area contributed by atoms with Gasteiger partial charge in [-0.1, -0.05) is 24.3 Å². The first-order valence-electron chi connectivity index (χ1n) is 8.56. The molecule has 2 atom stereocenters. The zero-order chi connectivity index (χ0) is 18.0. The van der Waals surface area contributed by atoms with Gasteiger partial charge in [-0.2, -0.15) is 0 Å². The van der Waals surface area contributed by atoms with Crippen molar-refractivity contribution in [1.82, 2.24) is 5.32 Å². The van der Waals surface area contributed by atoms with Gasteiger partial charge >= 0.3 is 0 Å². The number of halogens is 2. The van der Waals surface area contributed by atoms with Gasteiger partial charge in [-0.3, -0.25) is 10.1 Å². The Morgan fingerprint density at radius 2 is 1.88 bits per heavy atom.